The molecule has 0 spiro atoms. The molecule has 0 radical (unpaired) electrons. The number of carbonyl (C=O) groups is 2. The second kappa shape index (κ2) is 9.48. The van der Waals surface area contributed by atoms with E-state index in [9.17, 15) is 23.1 Å². The number of carboxylic acids is 1. The van der Waals surface area contributed by atoms with Gasteiger partial charge in [0, 0.05) is 0 Å². The van der Waals surface area contributed by atoms with Crippen LogP contribution in [0.5, 0.6) is 0 Å². The number of sulfonamides is 1. The van der Waals surface area contributed by atoms with Gasteiger partial charge < -0.3 is 9.84 Å². The number of ether oxygens (including phenoxy) is 1. The Morgan fingerprint density at radius 1 is 1.07 bits per heavy atom. The molecule has 1 N–H and O–H groups in total. The summed E-state index contributed by atoms with van der Waals surface area (Å²) in [5, 5.41) is 9.74. The highest BCUT2D eigenvalue weighted by Crippen LogP contribution is 2.21. The SMILES string of the molecule is CCOC(=O)CN(C(Cc1ccccc1)C(=O)O)S(=O)(=O)c1ccc(C)cc1. The quantitative estimate of drug-likeness (QED) is 0.642. The smallest absolute Gasteiger partial charge is 0.322 e. The third-order valence-electron chi connectivity index (χ3n) is 4.12. The maximum atomic E-state index is 13.2. The van der Waals surface area contributed by atoms with Gasteiger partial charge in [0.2, 0.25) is 10.0 Å². The third kappa shape index (κ3) is 5.40. The number of esters is 1. The monoisotopic (exact) mass is 405 g/mol. The average Bonchev–Trinajstić information content (AvgIpc) is 2.65. The predicted octanol–water partition coefficient (Wildman–Crippen LogP) is 2.24. The summed E-state index contributed by atoms with van der Waals surface area (Å²) in [5.41, 5.74) is 1.50. The molecule has 0 amide bonds. The molecule has 0 aromatic heterocycles. The van der Waals surface area contributed by atoms with Crippen molar-refractivity contribution in [1.82, 2.24) is 4.31 Å². The van der Waals surface area contributed by atoms with Gasteiger partial charge >= 0.3 is 11.9 Å². The van der Waals surface area contributed by atoms with Crippen LogP contribution in [0.1, 0.15) is 18.1 Å². The molecule has 1 unspecified atom stereocenters. The summed E-state index contributed by atoms with van der Waals surface area (Å²) in [6, 6.07) is 13.2. The fraction of sp³-hybridized carbons (Fsp3) is 0.300. The van der Waals surface area contributed by atoms with Crippen molar-refractivity contribution in [2.24, 2.45) is 0 Å². The Labute approximate surface area is 164 Å². The maximum Gasteiger partial charge on any atom is 0.322 e. The van der Waals surface area contributed by atoms with Gasteiger partial charge in [-0.3, -0.25) is 9.59 Å². The highest BCUT2D eigenvalue weighted by molar-refractivity contribution is 7.89. The molecule has 0 heterocycles. The lowest BCUT2D eigenvalue weighted by atomic mass is 10.1. The average molecular weight is 405 g/mol. The number of rotatable bonds is 9. The van der Waals surface area contributed by atoms with Crippen LogP contribution in [0, 0.1) is 6.92 Å². The minimum absolute atomic E-state index is 0.0632. The van der Waals surface area contributed by atoms with Gasteiger partial charge in [-0.05, 0) is 38.0 Å². The fourth-order valence-electron chi connectivity index (χ4n) is 2.69. The molecule has 1 atom stereocenters. The van der Waals surface area contributed by atoms with E-state index in [4.69, 9.17) is 4.74 Å². The van der Waals surface area contributed by atoms with E-state index < -0.39 is 34.5 Å². The molecule has 0 aliphatic heterocycles. The largest absolute Gasteiger partial charge is 0.480 e. The number of carbonyl (C=O) groups excluding carboxylic acids is 1. The zero-order valence-electron chi connectivity index (χ0n) is 15.7. The standard InChI is InChI=1S/C20H23NO6S/c1-3-27-19(22)14-21(28(25,26)17-11-9-15(2)10-12-17)18(20(23)24)13-16-7-5-4-6-8-16/h4-12,18H,3,13-14H2,1-2H3,(H,23,24). The minimum atomic E-state index is -4.24. The van der Waals surface area contributed by atoms with E-state index in [0.717, 1.165) is 5.56 Å². The van der Waals surface area contributed by atoms with Crippen molar-refractivity contribution in [3.63, 3.8) is 0 Å². The molecule has 0 aliphatic carbocycles. The molecule has 0 saturated heterocycles. The lowest BCUT2D eigenvalue weighted by Gasteiger charge is -2.27. The number of aryl methyl sites for hydroxylation is 1. The number of aliphatic carboxylic acids is 1. The second-order valence-electron chi connectivity index (χ2n) is 6.21. The van der Waals surface area contributed by atoms with Crippen molar-refractivity contribution < 1.29 is 27.9 Å². The van der Waals surface area contributed by atoms with E-state index in [-0.39, 0.29) is 17.9 Å². The first-order valence-electron chi connectivity index (χ1n) is 8.76. The lowest BCUT2D eigenvalue weighted by Crippen LogP contribution is -2.48. The fourth-order valence-corrected chi connectivity index (χ4v) is 4.22. The number of carboxylic acid groups (broad SMARTS) is 1. The topological polar surface area (TPSA) is 101 Å². The summed E-state index contributed by atoms with van der Waals surface area (Å²) in [6.07, 6.45) is -0.0827. The van der Waals surface area contributed by atoms with Crippen LogP contribution in [0.2, 0.25) is 0 Å². The molecule has 2 rings (SSSR count). The highest BCUT2D eigenvalue weighted by Gasteiger charge is 2.37. The first-order chi connectivity index (χ1) is 13.3. The Bertz CT molecular complexity index is 909. The van der Waals surface area contributed by atoms with Crippen LogP contribution in [0.15, 0.2) is 59.5 Å². The molecular weight excluding hydrogens is 382 g/mol. The van der Waals surface area contributed by atoms with Gasteiger partial charge in [0.15, 0.2) is 0 Å². The lowest BCUT2D eigenvalue weighted by molar-refractivity contribution is -0.146. The van der Waals surface area contributed by atoms with Gasteiger partial charge in [-0.15, -0.1) is 0 Å². The molecule has 150 valence electrons. The van der Waals surface area contributed by atoms with E-state index in [1.54, 1.807) is 49.4 Å². The zero-order chi connectivity index (χ0) is 20.7. The van der Waals surface area contributed by atoms with Gasteiger partial charge in [0.1, 0.15) is 12.6 Å². The van der Waals surface area contributed by atoms with E-state index in [1.165, 1.54) is 12.1 Å². The predicted molar refractivity (Wildman–Crippen MR) is 103 cm³/mol. The summed E-state index contributed by atoms with van der Waals surface area (Å²) in [6.45, 7) is 2.78. The normalized spacial score (nSPS) is 12.5. The number of nitrogens with zero attached hydrogens (tertiary/aromatic N) is 1. The number of hydrogen-bond donors (Lipinski definition) is 1. The minimum Gasteiger partial charge on any atom is -0.480 e. The molecule has 2 aromatic carbocycles. The molecule has 8 heteroatoms. The van der Waals surface area contributed by atoms with Crippen LogP contribution in [-0.4, -0.2) is 49.0 Å². The van der Waals surface area contributed by atoms with Crippen LogP contribution in [0.25, 0.3) is 0 Å². The van der Waals surface area contributed by atoms with Gasteiger partial charge in [-0.1, -0.05) is 48.0 Å². The highest BCUT2D eigenvalue weighted by atomic mass is 32.2. The Hall–Kier alpha value is -2.71. The van der Waals surface area contributed by atoms with Gasteiger partial charge in [0.05, 0.1) is 11.5 Å². The summed E-state index contributed by atoms with van der Waals surface area (Å²) in [4.78, 5) is 23.9. The molecule has 0 bridgehead atoms. The Kier molecular flexibility index (Phi) is 7.31. The van der Waals surface area contributed by atoms with Crippen LogP contribution >= 0.6 is 0 Å². The molecule has 0 saturated carbocycles. The molecule has 0 aliphatic rings. The summed E-state index contributed by atoms with van der Waals surface area (Å²) >= 11 is 0. The zero-order valence-corrected chi connectivity index (χ0v) is 16.6. The summed E-state index contributed by atoms with van der Waals surface area (Å²) in [5.74, 6) is -2.15. The maximum absolute atomic E-state index is 13.2. The van der Waals surface area contributed by atoms with Crippen molar-refractivity contribution in [2.75, 3.05) is 13.2 Å². The van der Waals surface area contributed by atoms with Crippen molar-refractivity contribution in [1.29, 1.82) is 0 Å². The molecule has 7 nitrogen and oxygen atoms in total. The first kappa shape index (κ1) is 21.6. The van der Waals surface area contributed by atoms with Gasteiger partial charge in [-0.2, -0.15) is 4.31 Å². The van der Waals surface area contributed by atoms with E-state index >= 15 is 0 Å². The van der Waals surface area contributed by atoms with E-state index in [2.05, 4.69) is 0 Å². The summed E-state index contributed by atoms with van der Waals surface area (Å²) < 4.78 is 31.9. The van der Waals surface area contributed by atoms with Crippen molar-refractivity contribution in [3.8, 4) is 0 Å². The van der Waals surface area contributed by atoms with E-state index in [1.807, 2.05) is 6.92 Å². The Morgan fingerprint density at radius 3 is 2.21 bits per heavy atom. The van der Waals surface area contributed by atoms with Gasteiger partial charge in [-0.25, -0.2) is 8.42 Å². The van der Waals surface area contributed by atoms with Crippen LogP contribution in [-0.2, 0) is 30.8 Å². The third-order valence-corrected chi connectivity index (χ3v) is 5.99. The van der Waals surface area contributed by atoms with Crippen molar-refractivity contribution in [2.45, 2.75) is 31.2 Å². The molecule has 2 aromatic rings. The Balaban J connectivity index is 2.47. The van der Waals surface area contributed by atoms with Crippen molar-refractivity contribution >= 4 is 22.0 Å². The molecule has 0 fully saturated rings. The number of hydrogen-bond acceptors (Lipinski definition) is 5. The molecule has 28 heavy (non-hydrogen) atoms. The van der Waals surface area contributed by atoms with Crippen molar-refractivity contribution in [3.05, 3.63) is 65.7 Å². The van der Waals surface area contributed by atoms with Crippen LogP contribution in [0.3, 0.4) is 0 Å². The Morgan fingerprint density at radius 2 is 1.68 bits per heavy atom. The van der Waals surface area contributed by atoms with Gasteiger partial charge in [0.25, 0.3) is 0 Å². The van der Waals surface area contributed by atoms with Crippen LogP contribution < -0.4 is 0 Å². The second-order valence-corrected chi connectivity index (χ2v) is 8.10. The molecular formula is C20H23NO6S. The number of benzene rings is 2. The van der Waals surface area contributed by atoms with E-state index in [0.29, 0.717) is 9.87 Å². The first-order valence-corrected chi connectivity index (χ1v) is 10.2. The van der Waals surface area contributed by atoms with Crippen LogP contribution in [0.4, 0.5) is 0 Å². The summed E-state index contributed by atoms with van der Waals surface area (Å²) in [7, 11) is -4.24.